The first-order valence-electron chi connectivity index (χ1n) is 6.23. The minimum Gasteiger partial charge on any atom is -0.397 e. The smallest absolute Gasteiger partial charge is 0.272 e. The number of nitrogen functional groups attached to an aromatic ring is 1. The van der Waals surface area contributed by atoms with E-state index in [1.165, 1.54) is 0 Å². The Morgan fingerprint density at radius 2 is 2.20 bits per heavy atom. The van der Waals surface area contributed by atoms with Gasteiger partial charge in [0, 0.05) is 17.2 Å². The number of carbonyl (C=O) groups excluding carboxylic acids is 1. The van der Waals surface area contributed by atoms with Crippen molar-refractivity contribution in [1.29, 1.82) is 0 Å². The first-order chi connectivity index (χ1) is 9.51. The summed E-state index contributed by atoms with van der Waals surface area (Å²) in [6, 6.07) is 6.97. The van der Waals surface area contributed by atoms with E-state index in [0.29, 0.717) is 22.1 Å². The van der Waals surface area contributed by atoms with Crippen molar-refractivity contribution in [1.82, 2.24) is 4.57 Å². The lowest BCUT2D eigenvalue weighted by Crippen LogP contribution is -2.17. The number of nitrogens with one attached hydrogen (secondary N) is 1. The molecule has 4 nitrogen and oxygen atoms in total. The average molecular weight is 357 g/mol. The molecule has 0 saturated carbocycles. The Balaban J connectivity index is 2.23. The highest BCUT2D eigenvalue weighted by Gasteiger charge is 2.14. The number of rotatable bonds is 4. The van der Waals surface area contributed by atoms with Crippen molar-refractivity contribution >= 4 is 44.8 Å². The summed E-state index contributed by atoms with van der Waals surface area (Å²) in [7, 11) is 0. The van der Waals surface area contributed by atoms with E-state index in [2.05, 4.69) is 21.2 Å². The van der Waals surface area contributed by atoms with E-state index in [0.717, 1.165) is 17.4 Å². The molecule has 106 valence electrons. The fourth-order valence-corrected chi connectivity index (χ4v) is 2.65. The maximum absolute atomic E-state index is 12.3. The topological polar surface area (TPSA) is 60.0 Å². The van der Waals surface area contributed by atoms with Crippen molar-refractivity contribution in [3.63, 3.8) is 0 Å². The molecule has 20 heavy (non-hydrogen) atoms. The average Bonchev–Trinajstić information content (AvgIpc) is 2.74. The molecule has 6 heteroatoms. The van der Waals surface area contributed by atoms with Crippen molar-refractivity contribution < 1.29 is 4.79 Å². The SMILES string of the molecule is CCCn1cc(N)cc1C(=O)Nc1ccc(Br)cc1Cl. The van der Waals surface area contributed by atoms with Crippen LogP contribution in [0, 0.1) is 0 Å². The van der Waals surface area contributed by atoms with E-state index >= 15 is 0 Å². The number of halogens is 2. The fraction of sp³-hybridized carbons (Fsp3) is 0.214. The number of hydrogen-bond donors (Lipinski definition) is 2. The van der Waals surface area contributed by atoms with Crippen molar-refractivity contribution in [2.45, 2.75) is 19.9 Å². The number of benzene rings is 1. The zero-order chi connectivity index (χ0) is 14.7. The second kappa shape index (κ2) is 6.33. The first-order valence-corrected chi connectivity index (χ1v) is 7.40. The molecule has 2 aromatic rings. The van der Waals surface area contributed by atoms with Crippen molar-refractivity contribution in [2.75, 3.05) is 11.1 Å². The second-order valence-corrected chi connectivity index (χ2v) is 5.75. The Bertz CT molecular complexity index is 639. The first kappa shape index (κ1) is 14.9. The highest BCUT2D eigenvalue weighted by atomic mass is 79.9. The molecule has 0 atom stereocenters. The summed E-state index contributed by atoms with van der Waals surface area (Å²) in [5.74, 6) is -0.223. The lowest BCUT2D eigenvalue weighted by atomic mass is 10.3. The van der Waals surface area contributed by atoms with Gasteiger partial charge in [-0.2, -0.15) is 0 Å². The number of amides is 1. The van der Waals surface area contributed by atoms with Gasteiger partial charge in [0.2, 0.25) is 0 Å². The van der Waals surface area contributed by atoms with Crippen LogP contribution >= 0.6 is 27.5 Å². The van der Waals surface area contributed by atoms with E-state index in [1.807, 2.05) is 17.6 Å². The maximum atomic E-state index is 12.3. The summed E-state index contributed by atoms with van der Waals surface area (Å²) in [6.07, 6.45) is 2.69. The summed E-state index contributed by atoms with van der Waals surface area (Å²) in [5, 5.41) is 3.28. The van der Waals surface area contributed by atoms with Crippen molar-refractivity contribution in [3.05, 3.63) is 45.7 Å². The molecule has 0 bridgehead atoms. The molecule has 0 aliphatic carbocycles. The van der Waals surface area contributed by atoms with Crippen LogP contribution in [0.2, 0.25) is 5.02 Å². The monoisotopic (exact) mass is 355 g/mol. The molecule has 3 N–H and O–H groups in total. The van der Waals surface area contributed by atoms with Crippen LogP contribution in [0.5, 0.6) is 0 Å². The Kier molecular flexibility index (Phi) is 4.73. The predicted octanol–water partition coefficient (Wildman–Crippen LogP) is 4.15. The molecule has 2 rings (SSSR count). The van der Waals surface area contributed by atoms with Gasteiger partial charge in [-0.15, -0.1) is 0 Å². The molecule has 0 saturated heterocycles. The quantitative estimate of drug-likeness (QED) is 0.864. The number of hydrogen-bond acceptors (Lipinski definition) is 2. The molecule has 0 aliphatic rings. The second-order valence-electron chi connectivity index (χ2n) is 4.43. The van der Waals surface area contributed by atoms with E-state index in [4.69, 9.17) is 17.3 Å². The van der Waals surface area contributed by atoms with Crippen LogP contribution in [0.25, 0.3) is 0 Å². The zero-order valence-corrected chi connectivity index (χ0v) is 13.3. The zero-order valence-electron chi connectivity index (χ0n) is 11.0. The van der Waals surface area contributed by atoms with Crippen LogP contribution in [0.3, 0.4) is 0 Å². The summed E-state index contributed by atoms with van der Waals surface area (Å²) in [4.78, 5) is 12.3. The van der Waals surface area contributed by atoms with Gasteiger partial charge in [-0.1, -0.05) is 34.5 Å². The van der Waals surface area contributed by atoms with Gasteiger partial charge in [0.15, 0.2) is 0 Å². The summed E-state index contributed by atoms with van der Waals surface area (Å²) < 4.78 is 2.70. The molecular formula is C14H15BrClN3O. The maximum Gasteiger partial charge on any atom is 0.272 e. The van der Waals surface area contributed by atoms with Gasteiger partial charge in [-0.05, 0) is 30.7 Å². The van der Waals surface area contributed by atoms with E-state index in [-0.39, 0.29) is 5.91 Å². The van der Waals surface area contributed by atoms with Crippen molar-refractivity contribution in [2.24, 2.45) is 0 Å². The Morgan fingerprint density at radius 1 is 1.45 bits per heavy atom. The van der Waals surface area contributed by atoms with E-state index in [9.17, 15) is 4.79 Å². The van der Waals surface area contributed by atoms with Gasteiger partial charge < -0.3 is 15.6 Å². The molecule has 1 heterocycles. The molecule has 1 aromatic carbocycles. The summed E-state index contributed by atoms with van der Waals surface area (Å²) in [5.41, 5.74) is 7.43. The third-order valence-electron chi connectivity index (χ3n) is 2.79. The van der Waals surface area contributed by atoms with Crippen LogP contribution in [-0.2, 0) is 6.54 Å². The lowest BCUT2D eigenvalue weighted by Gasteiger charge is -2.10. The highest BCUT2D eigenvalue weighted by molar-refractivity contribution is 9.10. The molecule has 1 amide bonds. The lowest BCUT2D eigenvalue weighted by molar-refractivity contribution is 0.101. The number of aryl methyl sites for hydroxylation is 1. The third kappa shape index (κ3) is 3.35. The van der Waals surface area contributed by atoms with Gasteiger partial charge in [-0.3, -0.25) is 4.79 Å². The molecule has 0 fully saturated rings. The number of nitrogens with zero attached hydrogens (tertiary/aromatic N) is 1. The van der Waals surface area contributed by atoms with Gasteiger partial charge in [0.25, 0.3) is 5.91 Å². The van der Waals surface area contributed by atoms with Crippen LogP contribution in [0.1, 0.15) is 23.8 Å². The van der Waals surface area contributed by atoms with Gasteiger partial charge in [-0.25, -0.2) is 0 Å². The molecule has 0 spiro atoms. The Hall–Kier alpha value is -1.46. The van der Waals surface area contributed by atoms with Gasteiger partial charge in [0.05, 0.1) is 16.4 Å². The normalized spacial score (nSPS) is 10.6. The number of aromatic nitrogens is 1. The van der Waals surface area contributed by atoms with Crippen LogP contribution in [0.15, 0.2) is 34.9 Å². The standard InChI is InChI=1S/C14H15BrClN3O/c1-2-5-19-8-10(17)7-13(19)14(20)18-12-4-3-9(15)6-11(12)16/h3-4,6-8H,2,5,17H2,1H3,(H,18,20). The number of nitrogens with two attached hydrogens (primary N) is 1. The largest absolute Gasteiger partial charge is 0.397 e. The summed E-state index contributed by atoms with van der Waals surface area (Å²) in [6.45, 7) is 2.79. The predicted molar refractivity (Wildman–Crippen MR) is 86.2 cm³/mol. The molecule has 1 aromatic heterocycles. The highest BCUT2D eigenvalue weighted by Crippen LogP contribution is 2.26. The molecular weight excluding hydrogens is 342 g/mol. The fourth-order valence-electron chi connectivity index (χ4n) is 1.93. The van der Waals surface area contributed by atoms with E-state index in [1.54, 1.807) is 24.4 Å². The minimum atomic E-state index is -0.223. The van der Waals surface area contributed by atoms with Crippen LogP contribution in [0.4, 0.5) is 11.4 Å². The van der Waals surface area contributed by atoms with Crippen LogP contribution < -0.4 is 11.1 Å². The minimum absolute atomic E-state index is 0.223. The molecule has 0 radical (unpaired) electrons. The Morgan fingerprint density at radius 3 is 2.85 bits per heavy atom. The number of anilines is 2. The third-order valence-corrected chi connectivity index (χ3v) is 3.60. The molecule has 0 aliphatic heterocycles. The van der Waals surface area contributed by atoms with Gasteiger partial charge in [0.1, 0.15) is 5.69 Å². The van der Waals surface area contributed by atoms with E-state index < -0.39 is 0 Å². The van der Waals surface area contributed by atoms with Gasteiger partial charge >= 0.3 is 0 Å². The Labute approximate surface area is 131 Å². The number of carbonyl (C=O) groups is 1. The van der Waals surface area contributed by atoms with Crippen molar-refractivity contribution in [3.8, 4) is 0 Å². The summed E-state index contributed by atoms with van der Waals surface area (Å²) >= 11 is 9.42. The van der Waals surface area contributed by atoms with Crippen LogP contribution in [-0.4, -0.2) is 10.5 Å². The molecule has 0 unspecified atom stereocenters.